The summed E-state index contributed by atoms with van der Waals surface area (Å²) in [7, 11) is 5.28. The molecule has 0 aliphatic carbocycles. The Hall–Kier alpha value is -2.08. The van der Waals surface area contributed by atoms with E-state index in [4.69, 9.17) is 14.0 Å². The van der Waals surface area contributed by atoms with Crippen molar-refractivity contribution in [3.8, 4) is 11.5 Å². The van der Waals surface area contributed by atoms with Gasteiger partial charge in [-0.2, -0.15) is 4.98 Å². The molecule has 0 unspecified atom stereocenters. The van der Waals surface area contributed by atoms with Gasteiger partial charge in [-0.1, -0.05) is 11.2 Å². The Balaban J connectivity index is 2.10. The van der Waals surface area contributed by atoms with Gasteiger partial charge in [0.05, 0.1) is 20.3 Å². The highest BCUT2D eigenvalue weighted by molar-refractivity contribution is 5.42. The number of aromatic nitrogens is 2. The number of aryl methyl sites for hydroxylation is 1. The summed E-state index contributed by atoms with van der Waals surface area (Å²) in [5.74, 6) is 2.72. The van der Waals surface area contributed by atoms with Crippen LogP contribution in [-0.4, -0.2) is 36.3 Å². The van der Waals surface area contributed by atoms with E-state index >= 15 is 0 Å². The molecule has 2 aromatic rings. The van der Waals surface area contributed by atoms with Gasteiger partial charge in [0.25, 0.3) is 0 Å². The third-order valence-corrected chi connectivity index (χ3v) is 3.44. The molecule has 114 valence electrons. The molecule has 0 N–H and O–H groups in total. The van der Waals surface area contributed by atoms with Crippen LogP contribution in [0.1, 0.15) is 30.2 Å². The molecule has 0 fully saturated rings. The minimum absolute atomic E-state index is 0.0410. The second-order valence-corrected chi connectivity index (χ2v) is 4.96. The Morgan fingerprint density at radius 1 is 1.24 bits per heavy atom. The molecule has 0 aliphatic rings. The zero-order chi connectivity index (χ0) is 15.4. The summed E-state index contributed by atoms with van der Waals surface area (Å²) in [5, 5.41) is 3.83. The second kappa shape index (κ2) is 6.58. The maximum atomic E-state index is 5.32. The molecular formula is C15H21N3O3. The average molecular weight is 291 g/mol. The number of benzene rings is 1. The first-order chi connectivity index (χ1) is 10.0. The van der Waals surface area contributed by atoms with E-state index in [9.17, 15) is 0 Å². The first-order valence-electron chi connectivity index (χ1n) is 6.76. The molecule has 6 heteroatoms. The van der Waals surface area contributed by atoms with Crippen molar-refractivity contribution in [1.29, 1.82) is 0 Å². The van der Waals surface area contributed by atoms with Gasteiger partial charge >= 0.3 is 0 Å². The minimum Gasteiger partial charge on any atom is -0.493 e. The predicted molar refractivity (Wildman–Crippen MR) is 78.5 cm³/mol. The molecule has 0 saturated heterocycles. The summed E-state index contributed by atoms with van der Waals surface area (Å²) in [6.07, 6.45) is 0. The number of rotatable bonds is 6. The lowest BCUT2D eigenvalue weighted by Gasteiger charge is -2.22. The van der Waals surface area contributed by atoms with Crippen LogP contribution in [0.4, 0.5) is 0 Å². The average Bonchev–Trinajstić information content (AvgIpc) is 2.92. The van der Waals surface area contributed by atoms with E-state index in [0.29, 0.717) is 11.7 Å². The summed E-state index contributed by atoms with van der Waals surface area (Å²) in [5.41, 5.74) is 1.12. The number of ether oxygens (including phenoxy) is 2. The second-order valence-electron chi connectivity index (χ2n) is 4.96. The Labute approximate surface area is 124 Å². The van der Waals surface area contributed by atoms with Gasteiger partial charge in [0, 0.05) is 6.54 Å². The number of hydrogen-bond acceptors (Lipinski definition) is 6. The Morgan fingerprint density at radius 2 is 1.95 bits per heavy atom. The highest BCUT2D eigenvalue weighted by Gasteiger charge is 2.18. The van der Waals surface area contributed by atoms with E-state index in [1.807, 2.05) is 39.1 Å². The van der Waals surface area contributed by atoms with E-state index in [0.717, 1.165) is 23.6 Å². The summed E-state index contributed by atoms with van der Waals surface area (Å²) in [4.78, 5) is 6.40. The zero-order valence-electron chi connectivity index (χ0n) is 13.1. The zero-order valence-corrected chi connectivity index (χ0v) is 13.1. The first kappa shape index (κ1) is 15.3. The van der Waals surface area contributed by atoms with Crippen LogP contribution in [0.2, 0.25) is 0 Å². The van der Waals surface area contributed by atoms with Crippen LogP contribution in [0, 0.1) is 6.92 Å². The van der Waals surface area contributed by atoms with Crippen molar-refractivity contribution < 1.29 is 14.0 Å². The molecule has 1 atom stereocenters. The lowest BCUT2D eigenvalue weighted by molar-refractivity contribution is 0.202. The molecule has 0 spiro atoms. The van der Waals surface area contributed by atoms with Crippen LogP contribution in [0.25, 0.3) is 0 Å². The van der Waals surface area contributed by atoms with Gasteiger partial charge in [-0.15, -0.1) is 0 Å². The first-order valence-corrected chi connectivity index (χ1v) is 6.76. The third-order valence-electron chi connectivity index (χ3n) is 3.44. The van der Waals surface area contributed by atoms with Crippen molar-refractivity contribution in [3.05, 3.63) is 35.5 Å². The van der Waals surface area contributed by atoms with Crippen LogP contribution < -0.4 is 9.47 Å². The predicted octanol–water partition coefficient (Wildman–Crippen LogP) is 2.59. The van der Waals surface area contributed by atoms with E-state index in [2.05, 4.69) is 15.0 Å². The molecule has 0 amide bonds. The fourth-order valence-corrected chi connectivity index (χ4v) is 2.08. The molecular weight excluding hydrogens is 270 g/mol. The van der Waals surface area contributed by atoms with Crippen molar-refractivity contribution in [2.45, 2.75) is 26.4 Å². The molecule has 1 aromatic heterocycles. The summed E-state index contributed by atoms with van der Waals surface area (Å²) in [6, 6.07) is 5.94. The molecule has 21 heavy (non-hydrogen) atoms. The molecule has 0 aliphatic heterocycles. The smallest absolute Gasteiger partial charge is 0.243 e. The standard InChI is InChI=1S/C15H21N3O3/c1-10(15-16-11(2)17-21-15)18(3)9-12-6-7-13(19-4)14(8-12)20-5/h6-8,10H,9H2,1-5H3/t10-/m1/s1. The van der Waals surface area contributed by atoms with Gasteiger partial charge in [0.1, 0.15) is 0 Å². The normalized spacial score (nSPS) is 12.5. The van der Waals surface area contributed by atoms with Gasteiger partial charge in [0.2, 0.25) is 5.89 Å². The monoisotopic (exact) mass is 291 g/mol. The third kappa shape index (κ3) is 3.52. The van der Waals surface area contributed by atoms with Crippen molar-refractivity contribution in [1.82, 2.24) is 15.0 Å². The van der Waals surface area contributed by atoms with Crippen LogP contribution in [0.5, 0.6) is 11.5 Å². The molecule has 0 bridgehead atoms. The topological polar surface area (TPSA) is 60.6 Å². The van der Waals surface area contributed by atoms with Crippen molar-refractivity contribution >= 4 is 0 Å². The van der Waals surface area contributed by atoms with Crippen molar-refractivity contribution in [2.24, 2.45) is 0 Å². The highest BCUT2D eigenvalue weighted by Crippen LogP contribution is 2.29. The van der Waals surface area contributed by atoms with Crippen LogP contribution in [-0.2, 0) is 6.54 Å². The lowest BCUT2D eigenvalue weighted by atomic mass is 10.1. The molecule has 1 heterocycles. The van der Waals surface area contributed by atoms with E-state index < -0.39 is 0 Å². The van der Waals surface area contributed by atoms with Crippen LogP contribution >= 0.6 is 0 Å². The van der Waals surface area contributed by atoms with Gasteiger partial charge in [-0.05, 0) is 38.6 Å². The molecule has 0 radical (unpaired) electrons. The largest absolute Gasteiger partial charge is 0.493 e. The number of hydrogen-bond donors (Lipinski definition) is 0. The summed E-state index contributed by atoms with van der Waals surface area (Å²) < 4.78 is 15.8. The van der Waals surface area contributed by atoms with Gasteiger partial charge in [-0.25, -0.2) is 0 Å². The maximum Gasteiger partial charge on any atom is 0.243 e. The van der Waals surface area contributed by atoms with Gasteiger partial charge < -0.3 is 14.0 Å². The fraction of sp³-hybridized carbons (Fsp3) is 0.467. The highest BCUT2D eigenvalue weighted by atomic mass is 16.5. The lowest BCUT2D eigenvalue weighted by Crippen LogP contribution is -2.22. The SMILES string of the molecule is COc1ccc(CN(C)[C@H](C)c2nc(C)no2)cc1OC. The van der Waals surface area contributed by atoms with Crippen LogP contribution in [0.3, 0.4) is 0 Å². The van der Waals surface area contributed by atoms with E-state index in [1.54, 1.807) is 14.2 Å². The van der Waals surface area contributed by atoms with Gasteiger partial charge in [0.15, 0.2) is 17.3 Å². The van der Waals surface area contributed by atoms with E-state index in [1.165, 1.54) is 0 Å². The van der Waals surface area contributed by atoms with Gasteiger partial charge in [-0.3, -0.25) is 4.90 Å². The number of methoxy groups -OCH3 is 2. The summed E-state index contributed by atoms with van der Waals surface area (Å²) >= 11 is 0. The Morgan fingerprint density at radius 3 is 2.52 bits per heavy atom. The molecule has 2 rings (SSSR count). The fourth-order valence-electron chi connectivity index (χ4n) is 2.08. The minimum atomic E-state index is 0.0410. The Bertz CT molecular complexity index is 598. The van der Waals surface area contributed by atoms with E-state index in [-0.39, 0.29) is 6.04 Å². The number of nitrogens with zero attached hydrogens (tertiary/aromatic N) is 3. The Kier molecular flexibility index (Phi) is 4.80. The quantitative estimate of drug-likeness (QED) is 0.815. The van der Waals surface area contributed by atoms with Crippen LogP contribution in [0.15, 0.2) is 22.7 Å². The maximum absolute atomic E-state index is 5.32. The van der Waals surface area contributed by atoms with Crippen molar-refractivity contribution in [2.75, 3.05) is 21.3 Å². The molecule has 0 saturated carbocycles. The molecule has 1 aromatic carbocycles. The molecule has 6 nitrogen and oxygen atoms in total. The van der Waals surface area contributed by atoms with Crippen molar-refractivity contribution in [3.63, 3.8) is 0 Å². The summed E-state index contributed by atoms with van der Waals surface area (Å²) in [6.45, 7) is 4.59.